The van der Waals surface area contributed by atoms with Gasteiger partial charge in [-0.1, -0.05) is 122 Å². The molecule has 0 N–H and O–H groups in total. The molecular formula is C74H86Br3I3N30O13S. The van der Waals surface area contributed by atoms with Gasteiger partial charge in [0.2, 0.25) is 5.90 Å². The average molecular weight is 2260 g/mol. The molecule has 13 rings (SSSR count). The van der Waals surface area contributed by atoms with Crippen LogP contribution in [0, 0.1) is 16.6 Å². The molecule has 658 valence electrons. The summed E-state index contributed by atoms with van der Waals surface area (Å²) in [5, 5.41) is 69.8. The van der Waals surface area contributed by atoms with Gasteiger partial charge >= 0.3 is 34.1 Å². The Bertz CT molecular complexity index is 5930. The van der Waals surface area contributed by atoms with Crippen molar-refractivity contribution in [3.63, 3.8) is 0 Å². The van der Waals surface area contributed by atoms with Gasteiger partial charge in [0, 0.05) is 119 Å². The van der Waals surface area contributed by atoms with Crippen LogP contribution in [0.4, 0.5) is 0 Å². The largest absolute Gasteiger partial charge is 0.482 e. The Hall–Kier alpha value is -10.9. The van der Waals surface area contributed by atoms with E-state index in [2.05, 4.69) is 209 Å². The van der Waals surface area contributed by atoms with E-state index in [1.807, 2.05) is 121 Å². The van der Waals surface area contributed by atoms with E-state index in [1.165, 1.54) is 90.3 Å². The van der Waals surface area contributed by atoms with Crippen molar-refractivity contribution in [3.8, 4) is 34.1 Å². The Morgan fingerprint density at radius 3 is 0.952 bits per heavy atom. The molecule has 0 unspecified atom stereocenters. The maximum Gasteiger partial charge on any atom is 0.368 e. The molecule has 1 aliphatic carbocycles. The first kappa shape index (κ1) is 98.6. The Kier molecular flexibility index (Phi) is 38.5. The molecule has 43 nitrogen and oxygen atoms in total. The second-order valence-electron chi connectivity index (χ2n) is 26.1. The highest BCUT2D eigenvalue weighted by molar-refractivity contribution is 14.1. The van der Waals surface area contributed by atoms with Crippen LogP contribution in [-0.4, -0.2) is 166 Å². The summed E-state index contributed by atoms with van der Waals surface area (Å²) < 4.78 is 24.7. The van der Waals surface area contributed by atoms with Gasteiger partial charge in [0.1, 0.15) is 44.7 Å². The zero-order valence-corrected chi connectivity index (χ0v) is 81.9. The molecule has 0 bridgehead atoms. The van der Waals surface area contributed by atoms with Gasteiger partial charge < -0.3 is 33.8 Å². The van der Waals surface area contributed by atoms with Crippen molar-refractivity contribution < 1.29 is 33.8 Å². The average Bonchev–Trinajstić information content (AvgIpc) is 1.69. The number of nitrogens with zero attached hydrogens (tertiary/aromatic N) is 30. The van der Waals surface area contributed by atoms with Gasteiger partial charge in [-0.2, -0.15) is 56.2 Å². The number of rotatable bonds is 26. The van der Waals surface area contributed by atoms with Gasteiger partial charge in [-0.25, -0.2) is 28.8 Å². The van der Waals surface area contributed by atoms with Crippen molar-refractivity contribution in [3.05, 3.63) is 230 Å². The summed E-state index contributed by atoms with van der Waals surface area (Å²) >= 11 is 18.4. The molecule has 50 heteroatoms. The van der Waals surface area contributed by atoms with E-state index in [9.17, 15) is 28.8 Å². The fourth-order valence-electron chi connectivity index (χ4n) is 10.0. The number of halogens is 6. The summed E-state index contributed by atoms with van der Waals surface area (Å²) in [4.78, 5) is 104. The third-order valence-electron chi connectivity index (χ3n) is 17.0. The molecule has 12 aromatic rings. The predicted molar refractivity (Wildman–Crippen MR) is 499 cm³/mol. The molecule has 1 fully saturated rings. The molecule has 0 radical (unpaired) electrons. The van der Waals surface area contributed by atoms with Gasteiger partial charge in [0.15, 0.2) is 0 Å². The van der Waals surface area contributed by atoms with Crippen molar-refractivity contribution in [2.45, 2.75) is 114 Å². The quantitative estimate of drug-likeness (QED) is 0.0210. The van der Waals surface area contributed by atoms with Gasteiger partial charge in [-0.05, 0) is 270 Å². The summed E-state index contributed by atoms with van der Waals surface area (Å²) in [5.41, 5.74) is 9.52. The molecule has 1 aliphatic rings. The molecular weight excluding hydrogens is 2170 g/mol. The Morgan fingerprint density at radius 2 is 0.677 bits per heavy atom. The molecule has 6 aromatic carbocycles. The maximum atomic E-state index is 12.0. The second-order valence-corrected chi connectivity index (χ2v) is 33.1. The van der Waals surface area contributed by atoms with Gasteiger partial charge in [-0.3, -0.25) is 0 Å². The highest BCUT2D eigenvalue weighted by Gasteiger charge is 2.26. The Labute approximate surface area is 777 Å². The van der Waals surface area contributed by atoms with Crippen molar-refractivity contribution in [1.82, 2.24) is 119 Å². The van der Waals surface area contributed by atoms with Gasteiger partial charge in [0.05, 0.1) is 58.4 Å². The summed E-state index contributed by atoms with van der Waals surface area (Å²) in [6.07, 6.45) is 6.69. The molecule has 124 heavy (non-hydrogen) atoms. The van der Waals surface area contributed by atoms with Crippen LogP contribution < -0.4 is 34.1 Å². The molecule has 1 saturated carbocycles. The minimum Gasteiger partial charge on any atom is -0.482 e. The molecule has 0 atom stereocenters. The number of methoxy groups -OCH3 is 1. The SMILES string of the molecule is CC(=NOCc1c(Br)cccc1-n1nnn(C)c1=O)C1CC1.CC(C)=NOCc1c(I)cccc1-n1nnn(C)c1=O.CC=NOCc1c(I)cccc1-n1nnn(C)c1=O.CCC(C)=NOCc1c(I)cccc1-n1nnn(C)c1=O.COC(C)=NOCc1c(Br)cccc1-n1nnn(C)c1=O.CSC(C)=NOCc1c(Br)cccc1-n1nnn(C)c1=O. The molecule has 0 saturated heterocycles. The number of benzene rings is 6. The highest BCUT2D eigenvalue weighted by Crippen LogP contribution is 2.32. The van der Waals surface area contributed by atoms with Crippen LogP contribution in [0.25, 0.3) is 34.1 Å². The van der Waals surface area contributed by atoms with E-state index in [-0.39, 0.29) is 73.8 Å². The fraction of sp³-hybridized carbons (Fsp3) is 0.351. The van der Waals surface area contributed by atoms with E-state index in [0.29, 0.717) is 45.9 Å². The molecule has 0 spiro atoms. The van der Waals surface area contributed by atoms with Crippen LogP contribution >= 0.6 is 127 Å². The van der Waals surface area contributed by atoms with Crippen LogP contribution in [0.2, 0.25) is 0 Å². The van der Waals surface area contributed by atoms with E-state index in [4.69, 9.17) is 33.8 Å². The lowest BCUT2D eigenvalue weighted by Crippen LogP contribution is -2.23. The lowest BCUT2D eigenvalue weighted by atomic mass is 10.2. The molecule has 0 amide bonds. The smallest absolute Gasteiger partial charge is 0.368 e. The van der Waals surface area contributed by atoms with Crippen LogP contribution in [-0.2, 0) is 116 Å². The van der Waals surface area contributed by atoms with Crippen molar-refractivity contribution in [2.75, 3.05) is 13.4 Å². The second kappa shape index (κ2) is 48.4. The Morgan fingerprint density at radius 1 is 0.403 bits per heavy atom. The summed E-state index contributed by atoms with van der Waals surface area (Å²) in [6, 6.07) is 33.2. The zero-order valence-electron chi connectivity index (χ0n) is 69.8. The highest BCUT2D eigenvalue weighted by atomic mass is 127. The fourth-order valence-corrected chi connectivity index (χ4v) is 13.5. The van der Waals surface area contributed by atoms with Crippen LogP contribution in [0.15, 0.2) is 182 Å². The van der Waals surface area contributed by atoms with Crippen LogP contribution in [0.3, 0.4) is 0 Å². The molecule has 0 aliphatic heterocycles. The zero-order chi connectivity index (χ0) is 90.4. The van der Waals surface area contributed by atoms with Gasteiger partial charge in [0.25, 0.3) is 0 Å². The maximum absolute atomic E-state index is 12.0. The number of aromatic nitrogens is 24. The van der Waals surface area contributed by atoms with Crippen LogP contribution in [0.5, 0.6) is 0 Å². The van der Waals surface area contributed by atoms with E-state index < -0.39 is 0 Å². The third-order valence-corrected chi connectivity index (χ3v) is 23.0. The number of ether oxygens (including phenoxy) is 1. The Balaban J connectivity index is 0.000000185. The summed E-state index contributed by atoms with van der Waals surface area (Å²) in [5.74, 6) is 0.974. The van der Waals surface area contributed by atoms with E-state index in [1.54, 1.807) is 91.7 Å². The van der Waals surface area contributed by atoms with E-state index >= 15 is 0 Å². The van der Waals surface area contributed by atoms with Crippen molar-refractivity contribution in [1.29, 1.82) is 0 Å². The number of thioether (sulfide) groups is 1. The number of tetrazole rings is 6. The minimum atomic E-state index is -0.342. The lowest BCUT2D eigenvalue weighted by molar-refractivity contribution is 0.121. The first-order valence-electron chi connectivity index (χ1n) is 36.9. The number of hydrogen-bond acceptors (Lipinski definition) is 32. The summed E-state index contributed by atoms with van der Waals surface area (Å²) in [7, 11) is 10.8. The topological polar surface area (TPSA) is 455 Å². The van der Waals surface area contributed by atoms with Crippen molar-refractivity contribution >= 4 is 162 Å². The normalized spacial score (nSPS) is 12.0. The number of oxime groups is 6. The standard InChI is InChI=1S/C14H16BrN5O2.C13H16IN5O2.C12H14BrN5O3.C12H14BrN5O2S.C12H14IN5O2.C11H12IN5O2/c1-9(10-6-7-10)16-22-8-11-12(15)4-3-5-13(11)20-14(21)19(2)17-18-20;1-4-9(2)15-21-8-10-11(14)6-5-7-12(10)19-13(20)18(3)16-17-19;1-8(20-3)14-21-7-9-10(13)5-4-6-11(9)18-12(19)17(2)15-16-18;1-8(21-3)14-20-7-9-10(13)5-4-6-11(9)18-12(19)17(2)15-16-18;1-8(2)14-20-7-9-10(13)5-4-6-11(9)18-12(19)17(3)15-16-18;1-3-13-19-7-8-9(12)5-4-6-10(8)17-11(18)16(2)14-15-17/h3-5,10H,6-8H2,1-2H3;5-7H,4,8H2,1-3H3;2*4-6H,7H2,1-3H3;4-6H,7H2,1-3H3;3-6H,7H2,1-2H3. The first-order valence-corrected chi connectivity index (χ1v) is 43.8. The molecule has 6 aromatic heterocycles. The van der Waals surface area contributed by atoms with Crippen LogP contribution in [0.1, 0.15) is 108 Å². The van der Waals surface area contributed by atoms with Crippen molar-refractivity contribution in [2.24, 2.45) is 79.1 Å². The first-order chi connectivity index (χ1) is 59.3. The third kappa shape index (κ3) is 27.1. The molecule has 6 heterocycles. The predicted octanol–water partition coefficient (Wildman–Crippen LogP) is 9.65. The number of hydrogen-bond donors (Lipinski definition) is 0. The minimum absolute atomic E-state index is 0.153. The number of aryl methyl sites for hydroxylation is 6. The summed E-state index contributed by atoms with van der Waals surface area (Å²) in [6.45, 7) is 16.3. The van der Waals surface area contributed by atoms with Gasteiger partial charge in [-0.15, -0.1) is 11.8 Å². The van der Waals surface area contributed by atoms with E-state index in [0.717, 1.165) is 90.8 Å². The lowest BCUT2D eigenvalue weighted by Gasteiger charge is -2.09. The monoisotopic (exact) mass is 2250 g/mol.